The largest absolute Gasteiger partial charge is 0.356 e. The Bertz CT molecular complexity index is 509. The number of likely N-dealkylation sites (tertiary alicyclic amines) is 1. The van der Waals surface area contributed by atoms with Crippen LogP contribution in [0.3, 0.4) is 0 Å². The van der Waals surface area contributed by atoms with Crippen LogP contribution in [0.4, 0.5) is 0 Å². The van der Waals surface area contributed by atoms with Gasteiger partial charge in [-0.2, -0.15) is 4.98 Å². The van der Waals surface area contributed by atoms with Gasteiger partial charge in [-0.1, -0.05) is 38.3 Å². The number of hydrogen-bond donors (Lipinski definition) is 1. The van der Waals surface area contributed by atoms with Crippen LogP contribution in [0.5, 0.6) is 0 Å². The van der Waals surface area contributed by atoms with Gasteiger partial charge in [0.2, 0.25) is 11.8 Å². The van der Waals surface area contributed by atoms with Gasteiger partial charge in [0.1, 0.15) is 0 Å². The number of aromatic nitrogens is 2. The maximum atomic E-state index is 12.2. The van der Waals surface area contributed by atoms with Crippen LogP contribution in [0, 0.1) is 5.92 Å². The second-order valence-electron chi connectivity index (χ2n) is 7.14. The maximum Gasteiger partial charge on any atom is 0.243 e. The molecular formula is C19H34N4O2. The number of rotatable bonds is 10. The van der Waals surface area contributed by atoms with E-state index in [2.05, 4.69) is 41.1 Å². The monoisotopic (exact) mass is 350 g/mol. The molecule has 2 heterocycles. The molecule has 1 aromatic rings. The van der Waals surface area contributed by atoms with Crippen molar-refractivity contribution >= 4 is 5.91 Å². The first-order valence-corrected chi connectivity index (χ1v) is 9.99. The van der Waals surface area contributed by atoms with Crippen molar-refractivity contribution in [2.24, 2.45) is 5.92 Å². The van der Waals surface area contributed by atoms with Crippen LogP contribution in [0.15, 0.2) is 4.52 Å². The normalized spacial score (nSPS) is 17.6. The highest BCUT2D eigenvalue weighted by Gasteiger charge is 2.29. The smallest absolute Gasteiger partial charge is 0.243 e. The van der Waals surface area contributed by atoms with Crippen LogP contribution in [0.1, 0.15) is 83.5 Å². The number of amides is 1. The fourth-order valence-corrected chi connectivity index (χ4v) is 3.31. The van der Waals surface area contributed by atoms with Gasteiger partial charge in [-0.15, -0.1) is 0 Å². The molecule has 142 valence electrons. The number of piperidine rings is 1. The Kier molecular flexibility index (Phi) is 8.38. The lowest BCUT2D eigenvalue weighted by atomic mass is 9.95. The quantitative estimate of drug-likeness (QED) is 0.654. The molecular weight excluding hydrogens is 316 g/mol. The molecule has 1 aliphatic rings. The van der Waals surface area contributed by atoms with E-state index in [-0.39, 0.29) is 17.9 Å². The molecule has 25 heavy (non-hydrogen) atoms. The highest BCUT2D eigenvalue weighted by molar-refractivity contribution is 5.78. The fourth-order valence-electron chi connectivity index (χ4n) is 3.31. The van der Waals surface area contributed by atoms with E-state index in [1.165, 1.54) is 12.8 Å². The van der Waals surface area contributed by atoms with E-state index in [0.717, 1.165) is 64.0 Å². The van der Waals surface area contributed by atoms with E-state index in [1.807, 2.05) is 0 Å². The number of nitrogens with one attached hydrogen (secondary N) is 1. The van der Waals surface area contributed by atoms with Crippen molar-refractivity contribution in [1.82, 2.24) is 20.4 Å². The van der Waals surface area contributed by atoms with E-state index < -0.39 is 0 Å². The predicted molar refractivity (Wildman–Crippen MR) is 98.2 cm³/mol. The third-order valence-electron chi connectivity index (χ3n) is 5.12. The topological polar surface area (TPSA) is 71.3 Å². The summed E-state index contributed by atoms with van der Waals surface area (Å²) in [6.07, 6.45) is 8.35. The predicted octanol–water partition coefficient (Wildman–Crippen LogP) is 3.49. The molecule has 1 N–H and O–H groups in total. The number of carbonyl (C=O) groups is 1. The van der Waals surface area contributed by atoms with Gasteiger partial charge in [0.15, 0.2) is 5.82 Å². The van der Waals surface area contributed by atoms with Crippen LogP contribution < -0.4 is 5.32 Å². The first-order chi connectivity index (χ1) is 12.2. The van der Waals surface area contributed by atoms with Crippen molar-refractivity contribution in [2.75, 3.05) is 19.6 Å². The molecule has 1 atom stereocenters. The highest BCUT2D eigenvalue weighted by atomic mass is 16.5. The van der Waals surface area contributed by atoms with Crippen molar-refractivity contribution in [3.63, 3.8) is 0 Å². The SMILES string of the molecule is CCCCCNC(=O)C1CCN(C(C)c2nc(CCCC)no2)CC1. The summed E-state index contributed by atoms with van der Waals surface area (Å²) < 4.78 is 5.45. The second-order valence-corrected chi connectivity index (χ2v) is 7.14. The lowest BCUT2D eigenvalue weighted by molar-refractivity contribution is -0.126. The average Bonchev–Trinajstić information content (AvgIpc) is 3.12. The summed E-state index contributed by atoms with van der Waals surface area (Å²) in [7, 11) is 0. The lowest BCUT2D eigenvalue weighted by Gasteiger charge is -2.33. The molecule has 0 bridgehead atoms. The van der Waals surface area contributed by atoms with Crippen LogP contribution >= 0.6 is 0 Å². The summed E-state index contributed by atoms with van der Waals surface area (Å²) >= 11 is 0. The molecule has 1 fully saturated rings. The zero-order chi connectivity index (χ0) is 18.1. The summed E-state index contributed by atoms with van der Waals surface area (Å²) in [4.78, 5) is 19.1. The minimum Gasteiger partial charge on any atom is -0.356 e. The van der Waals surface area contributed by atoms with E-state index in [4.69, 9.17) is 4.52 Å². The standard InChI is InChI=1S/C19H34N4O2/c1-4-6-8-12-20-18(24)16-10-13-23(14-11-16)15(3)19-21-17(22-25-19)9-7-5-2/h15-16H,4-14H2,1-3H3,(H,20,24). The Morgan fingerprint density at radius 3 is 2.64 bits per heavy atom. The van der Waals surface area contributed by atoms with Crippen LogP contribution in [-0.4, -0.2) is 40.6 Å². The van der Waals surface area contributed by atoms with Gasteiger partial charge in [-0.05, 0) is 45.7 Å². The van der Waals surface area contributed by atoms with E-state index >= 15 is 0 Å². The van der Waals surface area contributed by atoms with Gasteiger partial charge in [-0.3, -0.25) is 9.69 Å². The minimum absolute atomic E-state index is 0.122. The van der Waals surface area contributed by atoms with Gasteiger partial charge < -0.3 is 9.84 Å². The second kappa shape index (κ2) is 10.5. The summed E-state index contributed by atoms with van der Waals surface area (Å²) in [5, 5.41) is 7.17. The van der Waals surface area contributed by atoms with Gasteiger partial charge in [0.25, 0.3) is 0 Å². The summed E-state index contributed by atoms with van der Waals surface area (Å²) in [6, 6.07) is 0.122. The Balaban J connectivity index is 1.75. The first-order valence-electron chi connectivity index (χ1n) is 9.99. The van der Waals surface area contributed by atoms with Crippen molar-refractivity contribution in [1.29, 1.82) is 0 Å². The maximum absolute atomic E-state index is 12.2. The number of unbranched alkanes of at least 4 members (excludes halogenated alkanes) is 3. The van der Waals surface area contributed by atoms with E-state index in [1.54, 1.807) is 0 Å². The Morgan fingerprint density at radius 1 is 1.24 bits per heavy atom. The summed E-state index contributed by atoms with van der Waals surface area (Å²) in [5.41, 5.74) is 0. The van der Waals surface area contributed by atoms with E-state index in [9.17, 15) is 4.79 Å². The van der Waals surface area contributed by atoms with Crippen molar-refractivity contribution in [3.05, 3.63) is 11.7 Å². The molecule has 2 rings (SSSR count). The number of aryl methyl sites for hydroxylation is 1. The van der Waals surface area contributed by atoms with Crippen LogP contribution in [0.25, 0.3) is 0 Å². The molecule has 1 unspecified atom stereocenters. The van der Waals surface area contributed by atoms with Crippen LogP contribution in [0.2, 0.25) is 0 Å². The van der Waals surface area contributed by atoms with Crippen molar-refractivity contribution in [2.45, 2.75) is 78.2 Å². The third kappa shape index (κ3) is 6.10. The van der Waals surface area contributed by atoms with Crippen LogP contribution in [-0.2, 0) is 11.2 Å². The number of hydrogen-bond acceptors (Lipinski definition) is 5. The molecule has 0 aliphatic carbocycles. The van der Waals surface area contributed by atoms with E-state index in [0.29, 0.717) is 5.89 Å². The molecule has 0 saturated carbocycles. The Morgan fingerprint density at radius 2 is 1.96 bits per heavy atom. The van der Waals surface area contributed by atoms with Crippen molar-refractivity contribution in [3.8, 4) is 0 Å². The molecule has 1 aromatic heterocycles. The molecule has 1 amide bonds. The minimum atomic E-state index is 0.122. The molecule has 0 aromatic carbocycles. The van der Waals surface area contributed by atoms with Crippen molar-refractivity contribution < 1.29 is 9.32 Å². The zero-order valence-electron chi connectivity index (χ0n) is 16.1. The Hall–Kier alpha value is -1.43. The number of carbonyl (C=O) groups excluding carboxylic acids is 1. The fraction of sp³-hybridized carbons (Fsp3) is 0.842. The summed E-state index contributed by atoms with van der Waals surface area (Å²) in [6.45, 7) is 9.07. The highest BCUT2D eigenvalue weighted by Crippen LogP contribution is 2.26. The van der Waals surface area contributed by atoms with Gasteiger partial charge in [-0.25, -0.2) is 0 Å². The average molecular weight is 351 g/mol. The first kappa shape index (κ1) is 19.9. The molecule has 1 aliphatic heterocycles. The lowest BCUT2D eigenvalue weighted by Crippen LogP contribution is -2.41. The third-order valence-corrected chi connectivity index (χ3v) is 5.12. The molecule has 0 spiro atoms. The molecule has 0 radical (unpaired) electrons. The van der Waals surface area contributed by atoms with Gasteiger partial charge in [0, 0.05) is 18.9 Å². The molecule has 1 saturated heterocycles. The van der Waals surface area contributed by atoms with Gasteiger partial charge in [0.05, 0.1) is 6.04 Å². The zero-order valence-corrected chi connectivity index (χ0v) is 16.1. The Labute approximate surface area is 151 Å². The van der Waals surface area contributed by atoms with Gasteiger partial charge >= 0.3 is 0 Å². The molecule has 6 heteroatoms. The summed E-state index contributed by atoms with van der Waals surface area (Å²) in [5.74, 6) is 1.88. The molecule has 6 nitrogen and oxygen atoms in total. The number of nitrogens with zero attached hydrogens (tertiary/aromatic N) is 3.